The third-order valence-corrected chi connectivity index (χ3v) is 3.51. The molecule has 0 fully saturated rings. The van der Waals surface area contributed by atoms with E-state index in [1.807, 2.05) is 4.68 Å². The molecule has 0 bridgehead atoms. The lowest BCUT2D eigenvalue weighted by molar-refractivity contribution is 0.547. The number of halogens is 2. The van der Waals surface area contributed by atoms with E-state index in [1.165, 1.54) is 12.4 Å². The Labute approximate surface area is 120 Å². The zero-order valence-corrected chi connectivity index (χ0v) is 12.3. The van der Waals surface area contributed by atoms with Crippen LogP contribution in [0.2, 0.25) is 0 Å². The fourth-order valence-corrected chi connectivity index (χ4v) is 2.30. The summed E-state index contributed by atoms with van der Waals surface area (Å²) in [7, 11) is 0. The molecule has 2 aromatic rings. The Hall–Kier alpha value is -1.27. The summed E-state index contributed by atoms with van der Waals surface area (Å²) < 4.78 is 15.5. The van der Waals surface area contributed by atoms with E-state index in [4.69, 9.17) is 5.73 Å². The Kier molecular flexibility index (Phi) is 4.66. The summed E-state index contributed by atoms with van der Waals surface area (Å²) in [6, 6.07) is 4.60. The van der Waals surface area contributed by atoms with Crippen LogP contribution < -0.4 is 5.73 Å². The van der Waals surface area contributed by atoms with Gasteiger partial charge in [0.25, 0.3) is 0 Å². The summed E-state index contributed by atoms with van der Waals surface area (Å²) in [6.45, 7) is 2.91. The second-order valence-electron chi connectivity index (χ2n) is 4.38. The van der Waals surface area contributed by atoms with E-state index in [1.54, 1.807) is 12.1 Å². The fourth-order valence-electron chi connectivity index (χ4n) is 1.90. The van der Waals surface area contributed by atoms with Crippen LogP contribution in [-0.4, -0.2) is 14.8 Å². The van der Waals surface area contributed by atoms with Gasteiger partial charge in [-0.25, -0.2) is 9.37 Å². The van der Waals surface area contributed by atoms with Crippen molar-refractivity contribution >= 4 is 15.9 Å². The third kappa shape index (κ3) is 3.39. The van der Waals surface area contributed by atoms with E-state index in [-0.39, 0.29) is 11.9 Å². The van der Waals surface area contributed by atoms with Gasteiger partial charge in [-0.3, -0.25) is 4.68 Å². The van der Waals surface area contributed by atoms with E-state index < -0.39 is 0 Å². The van der Waals surface area contributed by atoms with Crippen LogP contribution in [0.15, 0.2) is 29.0 Å². The van der Waals surface area contributed by atoms with Crippen molar-refractivity contribution in [2.75, 3.05) is 0 Å². The molecule has 0 radical (unpaired) electrons. The van der Waals surface area contributed by atoms with E-state index in [0.29, 0.717) is 10.9 Å². The molecule has 0 aliphatic heterocycles. The van der Waals surface area contributed by atoms with Gasteiger partial charge in [-0.1, -0.05) is 13.0 Å². The number of aryl methyl sites for hydroxylation is 1. The maximum Gasteiger partial charge on any atom is 0.138 e. The van der Waals surface area contributed by atoms with Crippen LogP contribution in [0.25, 0.3) is 0 Å². The van der Waals surface area contributed by atoms with E-state index in [9.17, 15) is 4.39 Å². The lowest BCUT2D eigenvalue weighted by atomic mass is 10.0. The number of hydrogen-bond donors (Lipinski definition) is 1. The van der Waals surface area contributed by atoms with Crippen LogP contribution in [0.3, 0.4) is 0 Å². The summed E-state index contributed by atoms with van der Waals surface area (Å²) in [5.41, 5.74) is 7.02. The highest BCUT2D eigenvalue weighted by molar-refractivity contribution is 9.10. The molecule has 0 amide bonds. The van der Waals surface area contributed by atoms with Gasteiger partial charge in [0, 0.05) is 19.0 Å². The Morgan fingerprint density at radius 1 is 1.47 bits per heavy atom. The van der Waals surface area contributed by atoms with E-state index in [2.05, 4.69) is 32.9 Å². The highest BCUT2D eigenvalue weighted by Crippen LogP contribution is 2.22. The molecule has 4 nitrogen and oxygen atoms in total. The molecule has 2 rings (SSSR count). The van der Waals surface area contributed by atoms with Gasteiger partial charge in [-0.2, -0.15) is 5.10 Å². The first kappa shape index (κ1) is 14.1. The molecular weight excluding hydrogens is 311 g/mol. The van der Waals surface area contributed by atoms with Crippen molar-refractivity contribution in [1.82, 2.24) is 14.8 Å². The minimum atomic E-state index is -0.287. The molecule has 0 aliphatic rings. The summed E-state index contributed by atoms with van der Waals surface area (Å²) in [6.07, 6.45) is 3.12. The number of nitrogens with zero attached hydrogens (tertiary/aromatic N) is 3. The average Bonchev–Trinajstić information content (AvgIpc) is 2.80. The number of aromatic nitrogens is 3. The molecule has 102 valence electrons. The molecule has 2 N–H and O–H groups in total. The van der Waals surface area contributed by atoms with Gasteiger partial charge in [0.1, 0.15) is 18.0 Å². The monoisotopic (exact) mass is 326 g/mol. The van der Waals surface area contributed by atoms with Crippen molar-refractivity contribution in [1.29, 1.82) is 0 Å². The molecule has 0 saturated carbocycles. The molecule has 1 unspecified atom stereocenters. The molecule has 0 spiro atoms. The van der Waals surface area contributed by atoms with Crippen LogP contribution in [-0.2, 0) is 13.0 Å². The van der Waals surface area contributed by atoms with Gasteiger partial charge in [0.2, 0.25) is 0 Å². The Bertz CT molecular complexity index is 555. The normalized spacial score (nSPS) is 12.6. The van der Waals surface area contributed by atoms with Crippen molar-refractivity contribution in [3.05, 3.63) is 46.2 Å². The number of hydrogen-bond acceptors (Lipinski definition) is 3. The molecule has 0 aliphatic carbocycles. The van der Waals surface area contributed by atoms with Crippen LogP contribution >= 0.6 is 15.9 Å². The highest BCUT2D eigenvalue weighted by Gasteiger charge is 2.13. The van der Waals surface area contributed by atoms with Gasteiger partial charge < -0.3 is 5.73 Å². The van der Waals surface area contributed by atoms with Crippen molar-refractivity contribution in [2.45, 2.75) is 32.4 Å². The van der Waals surface area contributed by atoms with Crippen molar-refractivity contribution in [3.63, 3.8) is 0 Å². The second kappa shape index (κ2) is 6.25. The Balaban J connectivity index is 2.13. The second-order valence-corrected chi connectivity index (χ2v) is 5.24. The largest absolute Gasteiger partial charge is 0.324 e. The van der Waals surface area contributed by atoms with Crippen molar-refractivity contribution in [2.24, 2.45) is 5.73 Å². The number of benzene rings is 1. The predicted molar refractivity (Wildman–Crippen MR) is 75.0 cm³/mol. The maximum atomic E-state index is 13.2. The minimum Gasteiger partial charge on any atom is -0.324 e. The van der Waals surface area contributed by atoms with Gasteiger partial charge in [-0.15, -0.1) is 0 Å². The fraction of sp³-hybridized carbons (Fsp3) is 0.385. The minimum absolute atomic E-state index is 0.225. The van der Waals surface area contributed by atoms with Crippen LogP contribution in [0, 0.1) is 5.82 Å². The highest BCUT2D eigenvalue weighted by atomic mass is 79.9. The molecule has 1 aromatic carbocycles. The van der Waals surface area contributed by atoms with Crippen molar-refractivity contribution < 1.29 is 4.39 Å². The van der Waals surface area contributed by atoms with E-state index >= 15 is 0 Å². The van der Waals surface area contributed by atoms with Crippen LogP contribution in [0.4, 0.5) is 4.39 Å². The summed E-state index contributed by atoms with van der Waals surface area (Å²) >= 11 is 3.17. The van der Waals surface area contributed by atoms with Gasteiger partial charge in [0.05, 0.1) is 4.47 Å². The Morgan fingerprint density at radius 2 is 2.26 bits per heavy atom. The number of nitrogens with two attached hydrogens (primary N) is 1. The van der Waals surface area contributed by atoms with Crippen molar-refractivity contribution in [3.8, 4) is 0 Å². The third-order valence-electron chi connectivity index (χ3n) is 2.91. The molecule has 19 heavy (non-hydrogen) atoms. The zero-order chi connectivity index (χ0) is 13.8. The summed E-state index contributed by atoms with van der Waals surface area (Å²) in [5.74, 6) is 0.569. The topological polar surface area (TPSA) is 56.7 Å². The molecule has 1 aromatic heterocycles. The maximum absolute atomic E-state index is 13.2. The first-order chi connectivity index (χ1) is 9.11. The lowest BCUT2D eigenvalue weighted by Crippen LogP contribution is -2.17. The summed E-state index contributed by atoms with van der Waals surface area (Å²) in [5, 5.41) is 4.17. The molecule has 1 atom stereocenters. The first-order valence-corrected chi connectivity index (χ1v) is 6.98. The van der Waals surface area contributed by atoms with Gasteiger partial charge in [0.15, 0.2) is 0 Å². The van der Waals surface area contributed by atoms with E-state index in [0.717, 1.165) is 24.4 Å². The molecule has 0 saturated heterocycles. The molecular formula is C13H16BrFN4. The van der Waals surface area contributed by atoms with Crippen LogP contribution in [0.1, 0.15) is 30.8 Å². The molecule has 1 heterocycles. The smallest absolute Gasteiger partial charge is 0.138 e. The van der Waals surface area contributed by atoms with Gasteiger partial charge in [-0.05, 0) is 40.0 Å². The summed E-state index contributed by atoms with van der Waals surface area (Å²) in [4.78, 5) is 4.23. The quantitative estimate of drug-likeness (QED) is 0.919. The predicted octanol–water partition coefficient (Wildman–Crippen LogP) is 2.83. The standard InChI is InChI=1S/C13H16BrFN4/c1-2-5-19-13(17-8-18-19)7-12(16)9-3-4-11(15)10(14)6-9/h3-4,6,8,12H,2,5,7,16H2,1H3. The Morgan fingerprint density at radius 3 is 2.95 bits per heavy atom. The average molecular weight is 327 g/mol. The lowest BCUT2D eigenvalue weighted by Gasteiger charge is -2.13. The SMILES string of the molecule is CCCn1ncnc1CC(N)c1ccc(F)c(Br)c1. The van der Waals surface area contributed by atoms with Crippen LogP contribution in [0.5, 0.6) is 0 Å². The number of rotatable bonds is 5. The molecule has 6 heteroatoms. The van der Waals surface area contributed by atoms with Gasteiger partial charge >= 0.3 is 0 Å². The zero-order valence-electron chi connectivity index (χ0n) is 10.7. The first-order valence-electron chi connectivity index (χ1n) is 6.19.